The number of hydrogen-bond acceptors (Lipinski definition) is 2. The van der Waals surface area contributed by atoms with E-state index >= 15 is 0 Å². The van der Waals surface area contributed by atoms with Gasteiger partial charge in [-0.3, -0.25) is 0 Å². The summed E-state index contributed by atoms with van der Waals surface area (Å²) in [6, 6.07) is -0.583. The molecule has 1 rings (SSSR count). The monoisotopic (exact) mass is 169 g/mol. The fourth-order valence-electron chi connectivity index (χ4n) is 1.46. The Hall–Kier alpha value is -1.06. The highest BCUT2D eigenvalue weighted by Crippen LogP contribution is 2.20. The van der Waals surface area contributed by atoms with Gasteiger partial charge in [-0.15, -0.1) is 0 Å². The van der Waals surface area contributed by atoms with Crippen molar-refractivity contribution in [1.29, 1.82) is 0 Å². The van der Waals surface area contributed by atoms with E-state index in [4.69, 9.17) is 5.73 Å². The Labute approximate surface area is 72.2 Å². The van der Waals surface area contributed by atoms with Crippen LogP contribution in [-0.4, -0.2) is 11.7 Å². The molecule has 1 aliphatic carbocycles. The van der Waals surface area contributed by atoms with Crippen LogP contribution in [0.4, 0.5) is 4.79 Å². The molecule has 1 aliphatic rings. The molecular formula is C8H15N3O. The fraction of sp³-hybridized carbons (Fsp3) is 0.750. The van der Waals surface area contributed by atoms with Gasteiger partial charge in [0.1, 0.15) is 0 Å². The SMILES string of the molecule is C[C@H]1CCCC/C1=N/NC(N)=O. The van der Waals surface area contributed by atoms with Crippen molar-refractivity contribution in [3.05, 3.63) is 0 Å². The fourth-order valence-corrected chi connectivity index (χ4v) is 1.46. The Morgan fingerprint density at radius 2 is 2.42 bits per heavy atom. The molecule has 0 saturated heterocycles. The molecule has 12 heavy (non-hydrogen) atoms. The maximum absolute atomic E-state index is 10.4. The van der Waals surface area contributed by atoms with Crippen molar-refractivity contribution in [3.8, 4) is 0 Å². The van der Waals surface area contributed by atoms with E-state index in [0.717, 1.165) is 12.1 Å². The lowest BCUT2D eigenvalue weighted by Crippen LogP contribution is -2.28. The summed E-state index contributed by atoms with van der Waals surface area (Å²) >= 11 is 0. The minimum Gasteiger partial charge on any atom is -0.350 e. The van der Waals surface area contributed by atoms with E-state index in [1.165, 1.54) is 19.3 Å². The van der Waals surface area contributed by atoms with Crippen molar-refractivity contribution in [1.82, 2.24) is 5.43 Å². The second-order valence-corrected chi connectivity index (χ2v) is 3.23. The maximum atomic E-state index is 10.4. The molecule has 3 N–H and O–H groups in total. The van der Waals surface area contributed by atoms with Crippen molar-refractivity contribution in [2.24, 2.45) is 16.8 Å². The van der Waals surface area contributed by atoms with E-state index in [0.29, 0.717) is 5.92 Å². The lowest BCUT2D eigenvalue weighted by Gasteiger charge is -2.19. The van der Waals surface area contributed by atoms with Crippen molar-refractivity contribution in [2.75, 3.05) is 0 Å². The summed E-state index contributed by atoms with van der Waals surface area (Å²) in [5, 5.41) is 3.96. The lowest BCUT2D eigenvalue weighted by atomic mass is 9.89. The summed E-state index contributed by atoms with van der Waals surface area (Å²) in [7, 11) is 0. The summed E-state index contributed by atoms with van der Waals surface area (Å²) in [4.78, 5) is 10.4. The first-order valence-electron chi connectivity index (χ1n) is 4.32. The number of rotatable bonds is 1. The van der Waals surface area contributed by atoms with Crippen LogP contribution in [0.15, 0.2) is 5.10 Å². The molecule has 0 aromatic carbocycles. The number of hydrazone groups is 1. The number of nitrogens with zero attached hydrogens (tertiary/aromatic N) is 1. The zero-order valence-electron chi connectivity index (χ0n) is 7.34. The van der Waals surface area contributed by atoms with Crippen LogP contribution >= 0.6 is 0 Å². The molecule has 1 fully saturated rings. The molecule has 1 atom stereocenters. The normalized spacial score (nSPS) is 27.1. The van der Waals surface area contributed by atoms with Crippen LogP contribution < -0.4 is 11.2 Å². The smallest absolute Gasteiger partial charge is 0.332 e. The van der Waals surface area contributed by atoms with Crippen LogP contribution in [0.1, 0.15) is 32.6 Å². The molecule has 0 aromatic rings. The van der Waals surface area contributed by atoms with Gasteiger partial charge in [0.05, 0.1) is 0 Å². The second kappa shape index (κ2) is 4.09. The first-order valence-corrected chi connectivity index (χ1v) is 4.32. The van der Waals surface area contributed by atoms with E-state index < -0.39 is 6.03 Å². The second-order valence-electron chi connectivity index (χ2n) is 3.23. The Balaban J connectivity index is 2.47. The van der Waals surface area contributed by atoms with Gasteiger partial charge >= 0.3 is 6.03 Å². The largest absolute Gasteiger partial charge is 0.350 e. The number of amides is 2. The molecule has 0 aliphatic heterocycles. The first-order chi connectivity index (χ1) is 5.70. The molecule has 0 aromatic heterocycles. The average molecular weight is 169 g/mol. The van der Waals surface area contributed by atoms with Gasteiger partial charge in [-0.05, 0) is 25.2 Å². The van der Waals surface area contributed by atoms with E-state index in [2.05, 4.69) is 17.5 Å². The van der Waals surface area contributed by atoms with Crippen LogP contribution in [0.2, 0.25) is 0 Å². The van der Waals surface area contributed by atoms with Gasteiger partial charge in [0.2, 0.25) is 0 Å². The van der Waals surface area contributed by atoms with Crippen LogP contribution in [0.5, 0.6) is 0 Å². The van der Waals surface area contributed by atoms with Gasteiger partial charge < -0.3 is 5.73 Å². The average Bonchev–Trinajstić information content (AvgIpc) is 2.03. The number of carbonyl (C=O) groups excluding carboxylic acids is 1. The molecular weight excluding hydrogens is 154 g/mol. The van der Waals surface area contributed by atoms with Crippen molar-refractivity contribution >= 4 is 11.7 Å². The minimum absolute atomic E-state index is 0.491. The Kier molecular flexibility index (Phi) is 3.08. The minimum atomic E-state index is -0.583. The third-order valence-corrected chi connectivity index (χ3v) is 2.20. The van der Waals surface area contributed by atoms with Gasteiger partial charge in [0, 0.05) is 5.71 Å². The van der Waals surface area contributed by atoms with Crippen molar-refractivity contribution in [3.63, 3.8) is 0 Å². The Bertz CT molecular complexity index is 200. The number of nitrogens with one attached hydrogen (secondary N) is 1. The Morgan fingerprint density at radius 1 is 1.67 bits per heavy atom. The number of primary amides is 1. The summed E-state index contributed by atoms with van der Waals surface area (Å²) in [5.41, 5.74) is 8.24. The molecule has 1 saturated carbocycles. The van der Waals surface area contributed by atoms with Gasteiger partial charge in [0.15, 0.2) is 0 Å². The summed E-state index contributed by atoms with van der Waals surface area (Å²) in [5.74, 6) is 0.491. The summed E-state index contributed by atoms with van der Waals surface area (Å²) in [6.45, 7) is 2.13. The van der Waals surface area contributed by atoms with Gasteiger partial charge in [-0.2, -0.15) is 5.10 Å². The summed E-state index contributed by atoms with van der Waals surface area (Å²) < 4.78 is 0. The topological polar surface area (TPSA) is 67.5 Å². The van der Waals surface area contributed by atoms with Crippen LogP contribution in [0, 0.1) is 5.92 Å². The van der Waals surface area contributed by atoms with Gasteiger partial charge in [-0.1, -0.05) is 13.3 Å². The highest BCUT2D eigenvalue weighted by Gasteiger charge is 2.15. The molecule has 0 radical (unpaired) electrons. The molecule has 4 nitrogen and oxygen atoms in total. The number of hydrogen-bond donors (Lipinski definition) is 2. The molecule has 0 spiro atoms. The number of urea groups is 1. The maximum Gasteiger partial charge on any atom is 0.332 e. The van der Waals surface area contributed by atoms with Gasteiger partial charge in [0.25, 0.3) is 0 Å². The Morgan fingerprint density at radius 3 is 3.00 bits per heavy atom. The molecule has 0 unspecified atom stereocenters. The standard InChI is InChI=1S/C8H15N3O/c1-6-4-2-3-5-7(6)10-11-8(9)12/h6H,2-5H2,1H3,(H3,9,11,12)/b10-7-/t6-/m0/s1. The highest BCUT2D eigenvalue weighted by atomic mass is 16.2. The molecule has 0 bridgehead atoms. The van der Waals surface area contributed by atoms with Crippen LogP contribution in [0.25, 0.3) is 0 Å². The lowest BCUT2D eigenvalue weighted by molar-refractivity contribution is 0.249. The zero-order chi connectivity index (χ0) is 8.97. The van der Waals surface area contributed by atoms with E-state index in [9.17, 15) is 4.79 Å². The quantitative estimate of drug-likeness (QED) is 0.569. The predicted octanol–water partition coefficient (Wildman–Crippen LogP) is 1.22. The van der Waals surface area contributed by atoms with Gasteiger partial charge in [-0.25, -0.2) is 10.2 Å². The first kappa shape index (κ1) is 9.03. The third-order valence-electron chi connectivity index (χ3n) is 2.20. The van der Waals surface area contributed by atoms with Crippen LogP contribution in [0.3, 0.4) is 0 Å². The number of nitrogens with two attached hydrogens (primary N) is 1. The van der Waals surface area contributed by atoms with Crippen molar-refractivity contribution in [2.45, 2.75) is 32.6 Å². The molecule has 4 heteroatoms. The third kappa shape index (κ3) is 2.53. The van der Waals surface area contributed by atoms with Crippen LogP contribution in [-0.2, 0) is 0 Å². The predicted molar refractivity (Wildman–Crippen MR) is 47.8 cm³/mol. The zero-order valence-corrected chi connectivity index (χ0v) is 7.34. The highest BCUT2D eigenvalue weighted by molar-refractivity contribution is 5.88. The molecule has 0 heterocycles. The molecule has 2 amide bonds. The molecule has 68 valence electrons. The van der Waals surface area contributed by atoms with Crippen molar-refractivity contribution < 1.29 is 4.79 Å². The van der Waals surface area contributed by atoms with E-state index in [1.807, 2.05) is 0 Å². The van der Waals surface area contributed by atoms with E-state index in [-0.39, 0.29) is 0 Å². The van der Waals surface area contributed by atoms with E-state index in [1.54, 1.807) is 0 Å². The number of carbonyl (C=O) groups is 1. The summed E-state index contributed by atoms with van der Waals surface area (Å²) in [6.07, 6.45) is 4.58.